The number of benzene rings is 1. The number of aryl methyl sites for hydroxylation is 1. The highest BCUT2D eigenvalue weighted by Gasteiger charge is 2.40. The van der Waals surface area contributed by atoms with E-state index in [2.05, 4.69) is 27.0 Å². The van der Waals surface area contributed by atoms with Crippen LogP contribution >= 0.6 is 0 Å². The van der Waals surface area contributed by atoms with Gasteiger partial charge in [0.2, 0.25) is 0 Å². The van der Waals surface area contributed by atoms with Gasteiger partial charge in [-0.3, -0.25) is 4.90 Å². The van der Waals surface area contributed by atoms with Crippen molar-refractivity contribution >= 4 is 0 Å². The highest BCUT2D eigenvalue weighted by Crippen LogP contribution is 2.44. The molecule has 24 heavy (non-hydrogen) atoms. The molecule has 0 aliphatic carbocycles. The molecule has 2 atom stereocenters. The molecule has 0 radical (unpaired) electrons. The Morgan fingerprint density at radius 1 is 1.17 bits per heavy atom. The van der Waals surface area contributed by atoms with Crippen molar-refractivity contribution in [1.82, 2.24) is 14.9 Å². The molecule has 1 saturated heterocycles. The number of methoxy groups -OCH3 is 2. The number of aromatic nitrogens is 2. The molecule has 5 nitrogen and oxygen atoms in total. The zero-order valence-electron chi connectivity index (χ0n) is 14.5. The third kappa shape index (κ3) is 2.53. The molecular formula is C19H23N3O2. The largest absolute Gasteiger partial charge is 0.493 e. The summed E-state index contributed by atoms with van der Waals surface area (Å²) in [6, 6.07) is 7.21. The van der Waals surface area contributed by atoms with Crippen LogP contribution in [0, 0.1) is 6.92 Å². The molecule has 2 aromatic rings. The van der Waals surface area contributed by atoms with Crippen LogP contribution in [-0.4, -0.2) is 35.1 Å². The van der Waals surface area contributed by atoms with Gasteiger partial charge >= 0.3 is 0 Å². The van der Waals surface area contributed by atoms with Gasteiger partial charge in [0.25, 0.3) is 0 Å². The summed E-state index contributed by atoms with van der Waals surface area (Å²) in [4.78, 5) is 11.7. The third-order valence-corrected chi connectivity index (χ3v) is 5.26. The zero-order valence-corrected chi connectivity index (χ0v) is 14.5. The molecule has 4 rings (SSSR count). The van der Waals surface area contributed by atoms with Crippen molar-refractivity contribution < 1.29 is 9.47 Å². The summed E-state index contributed by atoms with van der Waals surface area (Å²) in [5.74, 6) is 2.44. The molecule has 126 valence electrons. The Morgan fingerprint density at radius 2 is 2.00 bits per heavy atom. The summed E-state index contributed by atoms with van der Waals surface area (Å²) in [5, 5.41) is 0. The molecule has 0 amide bonds. The summed E-state index contributed by atoms with van der Waals surface area (Å²) >= 11 is 0. The number of ether oxygens (including phenoxy) is 2. The van der Waals surface area contributed by atoms with Gasteiger partial charge in [-0.1, -0.05) is 6.07 Å². The Bertz CT molecular complexity index is 762. The van der Waals surface area contributed by atoms with Gasteiger partial charge in [0.05, 0.1) is 19.9 Å². The van der Waals surface area contributed by atoms with Crippen LogP contribution in [0.5, 0.6) is 11.5 Å². The molecule has 2 aliphatic rings. The summed E-state index contributed by atoms with van der Waals surface area (Å²) in [5.41, 5.74) is 3.81. The van der Waals surface area contributed by atoms with Gasteiger partial charge in [-0.25, -0.2) is 9.97 Å². The van der Waals surface area contributed by atoms with Crippen LogP contribution in [-0.2, 0) is 13.0 Å². The topological polar surface area (TPSA) is 47.5 Å². The quantitative estimate of drug-likeness (QED) is 0.864. The predicted octanol–water partition coefficient (Wildman–Crippen LogP) is 3.06. The third-order valence-electron chi connectivity index (χ3n) is 5.26. The van der Waals surface area contributed by atoms with Crippen molar-refractivity contribution in [3.63, 3.8) is 0 Å². The van der Waals surface area contributed by atoms with Crippen LogP contribution in [0.3, 0.4) is 0 Å². The van der Waals surface area contributed by atoms with Crippen molar-refractivity contribution in [2.24, 2.45) is 0 Å². The van der Waals surface area contributed by atoms with E-state index < -0.39 is 0 Å². The Kier molecular flexibility index (Phi) is 3.88. The van der Waals surface area contributed by atoms with Gasteiger partial charge in [0, 0.05) is 36.8 Å². The lowest BCUT2D eigenvalue weighted by molar-refractivity contribution is 0.166. The molecule has 5 heteroatoms. The lowest BCUT2D eigenvalue weighted by Gasteiger charge is -2.35. The van der Waals surface area contributed by atoms with E-state index in [4.69, 9.17) is 9.47 Å². The molecule has 2 bridgehead atoms. The van der Waals surface area contributed by atoms with E-state index in [9.17, 15) is 0 Å². The van der Waals surface area contributed by atoms with Crippen LogP contribution in [0.15, 0.2) is 24.4 Å². The number of rotatable bonds is 4. The number of hydrogen-bond acceptors (Lipinski definition) is 5. The summed E-state index contributed by atoms with van der Waals surface area (Å²) in [7, 11) is 3.35. The first-order chi connectivity index (χ1) is 11.7. The molecule has 1 aromatic heterocycles. The fraction of sp³-hybridized carbons (Fsp3) is 0.474. The first-order valence-corrected chi connectivity index (χ1v) is 8.48. The number of nitrogens with zero attached hydrogens (tertiary/aromatic N) is 3. The van der Waals surface area contributed by atoms with Crippen LogP contribution < -0.4 is 9.47 Å². The van der Waals surface area contributed by atoms with Gasteiger partial charge in [-0.05, 0) is 37.5 Å². The maximum atomic E-state index is 5.44. The molecule has 0 saturated carbocycles. The number of fused-ring (bicyclic) bond motifs is 4. The van der Waals surface area contributed by atoms with Gasteiger partial charge in [-0.15, -0.1) is 0 Å². The number of hydrogen-bond donors (Lipinski definition) is 0. The van der Waals surface area contributed by atoms with Crippen molar-refractivity contribution in [2.75, 3.05) is 14.2 Å². The van der Waals surface area contributed by atoms with Crippen LogP contribution in [0.2, 0.25) is 0 Å². The molecule has 0 spiro atoms. The highest BCUT2D eigenvalue weighted by atomic mass is 16.5. The van der Waals surface area contributed by atoms with Crippen molar-refractivity contribution in [3.05, 3.63) is 47.0 Å². The fourth-order valence-corrected chi connectivity index (χ4v) is 4.11. The maximum Gasteiger partial charge on any atom is 0.161 e. The van der Waals surface area contributed by atoms with E-state index >= 15 is 0 Å². The van der Waals surface area contributed by atoms with Crippen molar-refractivity contribution in [2.45, 2.75) is 44.8 Å². The van der Waals surface area contributed by atoms with Crippen molar-refractivity contribution in [3.8, 4) is 11.5 Å². The second kappa shape index (κ2) is 6.06. The minimum absolute atomic E-state index is 0.437. The normalized spacial score (nSPS) is 22.3. The average molecular weight is 325 g/mol. The molecular weight excluding hydrogens is 302 g/mol. The molecule has 0 unspecified atom stereocenters. The van der Waals surface area contributed by atoms with Gasteiger partial charge < -0.3 is 9.47 Å². The zero-order chi connectivity index (χ0) is 16.7. The minimum Gasteiger partial charge on any atom is -0.493 e. The SMILES string of the molecule is COc1ccc(CN2[C@H]3CC[C@@H]2c2cnc(C)nc2C3)cc1OC. The van der Waals surface area contributed by atoms with Gasteiger partial charge in [-0.2, -0.15) is 0 Å². The summed E-state index contributed by atoms with van der Waals surface area (Å²) in [6.45, 7) is 2.89. The molecule has 1 fully saturated rings. The maximum absolute atomic E-state index is 5.44. The Labute approximate surface area is 142 Å². The average Bonchev–Trinajstić information content (AvgIpc) is 2.87. The highest BCUT2D eigenvalue weighted by molar-refractivity contribution is 5.43. The Hall–Kier alpha value is -2.14. The van der Waals surface area contributed by atoms with E-state index in [1.807, 2.05) is 19.2 Å². The Balaban J connectivity index is 1.61. The predicted molar refractivity (Wildman–Crippen MR) is 91.3 cm³/mol. The summed E-state index contributed by atoms with van der Waals surface area (Å²) in [6.07, 6.45) is 5.48. The minimum atomic E-state index is 0.437. The molecule has 2 aliphatic heterocycles. The monoisotopic (exact) mass is 325 g/mol. The van der Waals surface area contributed by atoms with E-state index in [1.165, 1.54) is 29.7 Å². The molecule has 3 heterocycles. The molecule has 1 aromatic carbocycles. The van der Waals surface area contributed by atoms with Gasteiger partial charge in [0.1, 0.15) is 5.82 Å². The van der Waals surface area contributed by atoms with Crippen LogP contribution in [0.4, 0.5) is 0 Å². The smallest absolute Gasteiger partial charge is 0.161 e. The van der Waals surface area contributed by atoms with Crippen LogP contribution in [0.25, 0.3) is 0 Å². The van der Waals surface area contributed by atoms with Gasteiger partial charge in [0.15, 0.2) is 11.5 Å². The standard InChI is InChI=1S/C19H23N3O2/c1-12-20-10-15-16(21-12)9-14-5-6-17(15)22(14)11-13-4-7-18(23-2)19(8-13)24-3/h4,7-8,10,14,17H,5-6,9,11H2,1-3H3/t14-,17+/m0/s1. The second-order valence-electron chi connectivity index (χ2n) is 6.63. The lowest BCUT2D eigenvalue weighted by atomic mass is 9.98. The van der Waals surface area contributed by atoms with Crippen molar-refractivity contribution in [1.29, 1.82) is 0 Å². The van der Waals surface area contributed by atoms with E-state index in [1.54, 1.807) is 14.2 Å². The first-order valence-electron chi connectivity index (χ1n) is 8.48. The fourth-order valence-electron chi connectivity index (χ4n) is 4.11. The molecule has 0 N–H and O–H groups in total. The second-order valence-corrected chi connectivity index (χ2v) is 6.63. The Morgan fingerprint density at radius 3 is 2.79 bits per heavy atom. The van der Waals surface area contributed by atoms with E-state index in [-0.39, 0.29) is 0 Å². The van der Waals surface area contributed by atoms with E-state index in [0.717, 1.165) is 30.3 Å². The lowest BCUT2D eigenvalue weighted by Crippen LogP contribution is -2.37. The van der Waals surface area contributed by atoms with E-state index in [0.29, 0.717) is 12.1 Å². The first kappa shape index (κ1) is 15.4. The summed E-state index contributed by atoms with van der Waals surface area (Å²) < 4.78 is 10.8. The van der Waals surface area contributed by atoms with Crippen LogP contribution in [0.1, 0.15) is 41.5 Å².